The van der Waals surface area contributed by atoms with Gasteiger partial charge in [-0.1, -0.05) is 6.92 Å². The van der Waals surface area contributed by atoms with E-state index in [0.29, 0.717) is 90.5 Å². The van der Waals surface area contributed by atoms with Crippen molar-refractivity contribution in [3.05, 3.63) is 59.5 Å². The lowest BCUT2D eigenvalue weighted by molar-refractivity contribution is -0.141. The van der Waals surface area contributed by atoms with Crippen molar-refractivity contribution >= 4 is 17.7 Å². The summed E-state index contributed by atoms with van der Waals surface area (Å²) in [6.45, 7) is 11.4. The van der Waals surface area contributed by atoms with E-state index in [1.807, 2.05) is 38.1 Å². The Kier molecular flexibility index (Phi) is 19.8. The van der Waals surface area contributed by atoms with Crippen LogP contribution in [0.15, 0.2) is 42.6 Å². The number of halogens is 3. The van der Waals surface area contributed by atoms with E-state index in [1.54, 1.807) is 13.1 Å². The maximum atomic E-state index is 14.1. The van der Waals surface area contributed by atoms with Crippen molar-refractivity contribution in [2.45, 2.75) is 52.4 Å². The SMILES string of the molecule is CCOc1ccc(C(=O)N2CCN(c3ccc(-c4cccnc4OCC)nc3CNCCCOCCOCCOCCOCCNC(=O)O)[C@H](CC)C2)c(C(F)(F)F)n1. The van der Waals surface area contributed by atoms with Crippen LogP contribution in [0.1, 0.15) is 55.4 Å². The number of nitrogens with one attached hydrogen (secondary N) is 2. The molecule has 1 aliphatic rings. The van der Waals surface area contributed by atoms with Gasteiger partial charge in [0.1, 0.15) is 0 Å². The summed E-state index contributed by atoms with van der Waals surface area (Å²) in [5, 5.41) is 14.2. The number of rotatable bonds is 26. The van der Waals surface area contributed by atoms with Gasteiger partial charge >= 0.3 is 12.3 Å². The van der Waals surface area contributed by atoms with Crippen LogP contribution in [-0.2, 0) is 31.7 Å². The van der Waals surface area contributed by atoms with Crippen molar-refractivity contribution in [2.75, 3.05) is 104 Å². The lowest BCUT2D eigenvalue weighted by Gasteiger charge is -2.43. The fourth-order valence-corrected chi connectivity index (χ4v) is 6.31. The van der Waals surface area contributed by atoms with Crippen LogP contribution in [0.4, 0.5) is 23.7 Å². The first kappa shape index (κ1) is 46.9. The molecule has 2 amide bonds. The number of carboxylic acid groups (broad SMARTS) is 1. The molecule has 0 aliphatic carbocycles. The highest BCUT2D eigenvalue weighted by molar-refractivity contribution is 5.95. The predicted octanol–water partition coefficient (Wildman–Crippen LogP) is 4.91. The average molecular weight is 836 g/mol. The van der Waals surface area contributed by atoms with Crippen LogP contribution in [0.5, 0.6) is 11.8 Å². The third kappa shape index (κ3) is 15.1. The summed E-state index contributed by atoms with van der Waals surface area (Å²) in [5.74, 6) is -0.447. The van der Waals surface area contributed by atoms with E-state index in [1.165, 1.54) is 11.0 Å². The smallest absolute Gasteiger partial charge is 0.434 e. The highest BCUT2D eigenvalue weighted by Gasteiger charge is 2.40. The molecule has 0 saturated carbocycles. The van der Waals surface area contributed by atoms with Crippen molar-refractivity contribution in [1.29, 1.82) is 0 Å². The van der Waals surface area contributed by atoms with E-state index in [9.17, 15) is 22.8 Å². The number of hydrogen-bond donors (Lipinski definition) is 3. The number of ether oxygens (including phenoxy) is 6. The van der Waals surface area contributed by atoms with Crippen molar-refractivity contribution < 1.29 is 56.3 Å². The molecule has 1 fully saturated rings. The number of piperazine rings is 1. The van der Waals surface area contributed by atoms with Crippen LogP contribution >= 0.6 is 0 Å². The van der Waals surface area contributed by atoms with Gasteiger partial charge in [0.05, 0.1) is 87.7 Å². The standard InChI is InChI=1S/C40H56F3N7O9/c1-4-29-28-49(38(51)31-10-13-35(58-5-2)48-36(31)40(41,42)43)17-18-50(29)34-12-11-32(30-9-7-15-45-37(30)59-6-3)47-33(34)27-44-14-8-19-54-21-23-56-25-26-57-24-22-55-20-16-46-39(52)53/h7,9-13,15,29,44,46H,4-6,8,14,16-28H2,1-3H3,(H,52,53)/t29-/m1/s1. The zero-order chi connectivity index (χ0) is 42.5. The molecule has 1 saturated heterocycles. The van der Waals surface area contributed by atoms with Crippen LogP contribution in [0, 0.1) is 0 Å². The lowest BCUT2D eigenvalue weighted by atomic mass is 10.0. The summed E-state index contributed by atoms with van der Waals surface area (Å²) in [4.78, 5) is 40.8. The van der Waals surface area contributed by atoms with Crippen LogP contribution in [-0.4, -0.2) is 142 Å². The van der Waals surface area contributed by atoms with Crippen molar-refractivity contribution in [3.8, 4) is 23.0 Å². The Morgan fingerprint density at radius 2 is 1.54 bits per heavy atom. The lowest BCUT2D eigenvalue weighted by Crippen LogP contribution is -2.55. The van der Waals surface area contributed by atoms with E-state index < -0.39 is 29.4 Å². The van der Waals surface area contributed by atoms with E-state index in [0.717, 1.165) is 29.4 Å². The van der Waals surface area contributed by atoms with E-state index in [2.05, 4.69) is 25.5 Å². The minimum Gasteiger partial charge on any atom is -0.478 e. The molecule has 1 atom stereocenters. The molecule has 326 valence electrons. The molecule has 0 spiro atoms. The van der Waals surface area contributed by atoms with Crippen molar-refractivity contribution in [1.82, 2.24) is 30.5 Å². The number of alkyl halides is 3. The fraction of sp³-hybridized carbons (Fsp3) is 0.575. The number of hydrogen-bond acceptors (Lipinski definition) is 13. The topological polar surface area (TPSA) is 179 Å². The van der Waals surface area contributed by atoms with Crippen LogP contribution in [0.25, 0.3) is 11.3 Å². The van der Waals surface area contributed by atoms with Gasteiger partial charge < -0.3 is 54.0 Å². The average Bonchev–Trinajstić information content (AvgIpc) is 3.22. The van der Waals surface area contributed by atoms with E-state index in [4.69, 9.17) is 38.5 Å². The largest absolute Gasteiger partial charge is 0.478 e. The molecule has 0 radical (unpaired) electrons. The first-order valence-corrected chi connectivity index (χ1v) is 19.9. The minimum absolute atomic E-state index is 0.142. The molecule has 0 unspecified atom stereocenters. The van der Waals surface area contributed by atoms with Gasteiger partial charge in [0.25, 0.3) is 5.91 Å². The zero-order valence-corrected chi connectivity index (χ0v) is 33.9. The molecule has 1 aliphatic heterocycles. The molecule has 4 heterocycles. The quantitative estimate of drug-likeness (QED) is 0.0930. The number of amides is 2. The molecular formula is C40H56F3N7O9. The van der Waals surface area contributed by atoms with Gasteiger partial charge in [-0.25, -0.2) is 19.7 Å². The van der Waals surface area contributed by atoms with E-state index >= 15 is 0 Å². The van der Waals surface area contributed by atoms with Crippen molar-refractivity contribution in [2.24, 2.45) is 0 Å². The summed E-state index contributed by atoms with van der Waals surface area (Å²) in [5.41, 5.74) is 1.28. The van der Waals surface area contributed by atoms with Crippen LogP contribution in [0.3, 0.4) is 0 Å². The van der Waals surface area contributed by atoms with Gasteiger partial charge in [-0.3, -0.25) is 4.79 Å². The second kappa shape index (κ2) is 25.0. The number of anilines is 1. The summed E-state index contributed by atoms with van der Waals surface area (Å²) < 4.78 is 75.1. The number of pyridine rings is 3. The molecule has 59 heavy (non-hydrogen) atoms. The first-order valence-electron chi connectivity index (χ1n) is 19.9. The van der Waals surface area contributed by atoms with Gasteiger partial charge in [0.2, 0.25) is 11.8 Å². The van der Waals surface area contributed by atoms with Gasteiger partial charge in [0.15, 0.2) is 5.69 Å². The van der Waals surface area contributed by atoms with Gasteiger partial charge in [-0.2, -0.15) is 13.2 Å². The van der Waals surface area contributed by atoms with Crippen LogP contribution < -0.4 is 25.0 Å². The number of nitrogens with zero attached hydrogens (tertiary/aromatic N) is 5. The molecule has 19 heteroatoms. The maximum Gasteiger partial charge on any atom is 0.434 e. The summed E-state index contributed by atoms with van der Waals surface area (Å²) in [6, 6.07) is 9.86. The first-order chi connectivity index (χ1) is 28.6. The van der Waals surface area contributed by atoms with Crippen molar-refractivity contribution in [3.63, 3.8) is 0 Å². The Morgan fingerprint density at radius 1 is 0.847 bits per heavy atom. The molecule has 3 aromatic heterocycles. The molecule has 4 rings (SSSR count). The Bertz CT molecular complexity index is 1740. The number of aromatic nitrogens is 3. The maximum absolute atomic E-state index is 14.1. The third-order valence-electron chi connectivity index (χ3n) is 9.06. The van der Waals surface area contributed by atoms with E-state index in [-0.39, 0.29) is 44.8 Å². The summed E-state index contributed by atoms with van der Waals surface area (Å²) >= 11 is 0. The minimum atomic E-state index is -4.84. The second-order valence-corrected chi connectivity index (χ2v) is 13.1. The Balaban J connectivity index is 1.32. The zero-order valence-electron chi connectivity index (χ0n) is 33.9. The molecule has 0 aromatic carbocycles. The third-order valence-corrected chi connectivity index (χ3v) is 9.06. The van der Waals surface area contributed by atoms with Gasteiger partial charge in [-0.15, -0.1) is 0 Å². The number of carbonyl (C=O) groups is 2. The molecule has 0 bridgehead atoms. The Morgan fingerprint density at radius 3 is 2.20 bits per heavy atom. The number of carbonyl (C=O) groups excluding carboxylic acids is 1. The fourth-order valence-electron chi connectivity index (χ4n) is 6.31. The predicted molar refractivity (Wildman–Crippen MR) is 212 cm³/mol. The molecule has 3 aromatic rings. The monoisotopic (exact) mass is 835 g/mol. The molecule has 16 nitrogen and oxygen atoms in total. The Hall–Kier alpha value is -4.82. The van der Waals surface area contributed by atoms with Crippen LogP contribution in [0.2, 0.25) is 0 Å². The second-order valence-electron chi connectivity index (χ2n) is 13.1. The highest BCUT2D eigenvalue weighted by atomic mass is 19.4. The van der Waals surface area contributed by atoms with Gasteiger partial charge in [-0.05, 0) is 63.6 Å². The Labute approximate surface area is 342 Å². The molecular weight excluding hydrogens is 779 g/mol. The highest BCUT2D eigenvalue weighted by Crippen LogP contribution is 2.35. The summed E-state index contributed by atoms with van der Waals surface area (Å²) in [7, 11) is 0. The van der Waals surface area contributed by atoms with Gasteiger partial charge in [0, 0.05) is 57.6 Å². The normalized spacial score (nSPS) is 14.4. The molecule has 3 N–H and O–H groups in total. The summed E-state index contributed by atoms with van der Waals surface area (Å²) in [6.07, 6.45) is -2.90.